The normalized spacial score (nSPS) is 24.3. The highest BCUT2D eigenvalue weighted by molar-refractivity contribution is 5.46. The second kappa shape index (κ2) is 7.18. The minimum atomic E-state index is -4.36. The van der Waals surface area contributed by atoms with Gasteiger partial charge in [0.25, 0.3) is 0 Å². The molecular formula is C21H23F3N2O2. The van der Waals surface area contributed by atoms with Crippen LogP contribution in [0.4, 0.5) is 19.0 Å². The van der Waals surface area contributed by atoms with Gasteiger partial charge in [0.05, 0.1) is 12.7 Å². The van der Waals surface area contributed by atoms with Crippen molar-refractivity contribution in [2.75, 3.05) is 12.0 Å². The SMILES string of the molecule is COc1cc(C)ccc1OC1C[C@H]2CC[C@@H](C1)N2c1ccc(C(F)(F)F)cn1. The van der Waals surface area contributed by atoms with E-state index in [1.807, 2.05) is 25.1 Å². The Morgan fingerprint density at radius 3 is 2.32 bits per heavy atom. The Labute approximate surface area is 162 Å². The summed E-state index contributed by atoms with van der Waals surface area (Å²) in [5, 5.41) is 0. The average Bonchev–Trinajstić information content (AvgIpc) is 2.93. The zero-order valence-electron chi connectivity index (χ0n) is 15.9. The van der Waals surface area contributed by atoms with E-state index < -0.39 is 11.7 Å². The molecule has 0 N–H and O–H groups in total. The molecule has 2 saturated heterocycles. The summed E-state index contributed by atoms with van der Waals surface area (Å²) in [5.74, 6) is 2.07. The van der Waals surface area contributed by atoms with Crippen LogP contribution in [0.2, 0.25) is 0 Å². The first-order chi connectivity index (χ1) is 13.3. The average molecular weight is 392 g/mol. The number of fused-ring (bicyclic) bond motifs is 2. The van der Waals surface area contributed by atoms with Crippen molar-refractivity contribution in [2.45, 2.75) is 57.0 Å². The monoisotopic (exact) mass is 392 g/mol. The number of piperidine rings is 1. The molecule has 2 aliphatic heterocycles. The number of ether oxygens (including phenoxy) is 2. The number of aryl methyl sites for hydroxylation is 1. The Morgan fingerprint density at radius 2 is 1.75 bits per heavy atom. The van der Waals surface area contributed by atoms with E-state index in [4.69, 9.17) is 9.47 Å². The maximum Gasteiger partial charge on any atom is 0.417 e. The molecule has 0 aliphatic carbocycles. The van der Waals surface area contributed by atoms with Crippen molar-refractivity contribution in [3.05, 3.63) is 47.7 Å². The molecule has 4 nitrogen and oxygen atoms in total. The van der Waals surface area contributed by atoms with Crippen molar-refractivity contribution < 1.29 is 22.6 Å². The van der Waals surface area contributed by atoms with Gasteiger partial charge in [0.2, 0.25) is 0 Å². The molecule has 3 atom stereocenters. The Bertz CT molecular complexity index is 825. The zero-order chi connectivity index (χ0) is 19.9. The number of anilines is 1. The number of halogens is 3. The van der Waals surface area contributed by atoms with Crippen molar-refractivity contribution in [1.29, 1.82) is 0 Å². The van der Waals surface area contributed by atoms with Gasteiger partial charge in [-0.1, -0.05) is 6.07 Å². The fourth-order valence-corrected chi connectivity index (χ4v) is 4.36. The fraction of sp³-hybridized carbons (Fsp3) is 0.476. The van der Waals surface area contributed by atoms with Gasteiger partial charge in [0, 0.05) is 31.1 Å². The molecule has 2 bridgehead atoms. The first-order valence-corrected chi connectivity index (χ1v) is 9.48. The molecule has 150 valence electrons. The van der Waals surface area contributed by atoms with E-state index >= 15 is 0 Å². The second-order valence-corrected chi connectivity index (χ2v) is 7.56. The van der Waals surface area contributed by atoms with Crippen LogP contribution in [-0.2, 0) is 6.18 Å². The lowest BCUT2D eigenvalue weighted by Crippen LogP contribution is -2.46. The molecule has 7 heteroatoms. The molecule has 1 unspecified atom stereocenters. The van der Waals surface area contributed by atoms with E-state index in [1.54, 1.807) is 7.11 Å². The van der Waals surface area contributed by atoms with E-state index in [0.717, 1.165) is 55.0 Å². The smallest absolute Gasteiger partial charge is 0.417 e. The number of methoxy groups -OCH3 is 1. The summed E-state index contributed by atoms with van der Waals surface area (Å²) in [6.45, 7) is 2.00. The Hall–Kier alpha value is -2.44. The van der Waals surface area contributed by atoms with Gasteiger partial charge in [-0.15, -0.1) is 0 Å². The van der Waals surface area contributed by atoms with Crippen molar-refractivity contribution in [3.8, 4) is 11.5 Å². The number of nitrogens with zero attached hydrogens (tertiary/aromatic N) is 2. The van der Waals surface area contributed by atoms with Crippen molar-refractivity contribution in [2.24, 2.45) is 0 Å². The predicted octanol–water partition coefficient (Wildman–Crippen LogP) is 5.00. The maximum atomic E-state index is 12.8. The van der Waals surface area contributed by atoms with E-state index in [0.29, 0.717) is 5.82 Å². The Morgan fingerprint density at radius 1 is 1.04 bits per heavy atom. The van der Waals surface area contributed by atoms with Crippen LogP contribution in [0.3, 0.4) is 0 Å². The van der Waals surface area contributed by atoms with Gasteiger partial charge in [-0.3, -0.25) is 0 Å². The highest BCUT2D eigenvalue weighted by Crippen LogP contribution is 2.41. The summed E-state index contributed by atoms with van der Waals surface area (Å²) >= 11 is 0. The van der Waals surface area contributed by atoms with E-state index in [2.05, 4.69) is 9.88 Å². The second-order valence-electron chi connectivity index (χ2n) is 7.56. The molecule has 28 heavy (non-hydrogen) atoms. The summed E-state index contributed by atoms with van der Waals surface area (Å²) in [4.78, 5) is 6.27. The highest BCUT2D eigenvalue weighted by atomic mass is 19.4. The molecule has 2 aliphatic rings. The summed E-state index contributed by atoms with van der Waals surface area (Å²) in [5.41, 5.74) is 0.390. The summed E-state index contributed by atoms with van der Waals surface area (Å²) < 4.78 is 50.0. The van der Waals surface area contributed by atoms with Crippen molar-refractivity contribution >= 4 is 5.82 Å². The lowest BCUT2D eigenvalue weighted by molar-refractivity contribution is -0.137. The number of hydrogen-bond donors (Lipinski definition) is 0. The van der Waals surface area contributed by atoms with Gasteiger partial charge in [0.1, 0.15) is 11.9 Å². The molecule has 1 aromatic heterocycles. The van der Waals surface area contributed by atoms with Crippen LogP contribution in [-0.4, -0.2) is 30.3 Å². The van der Waals surface area contributed by atoms with Gasteiger partial charge in [-0.2, -0.15) is 13.2 Å². The minimum Gasteiger partial charge on any atom is -0.493 e. The van der Waals surface area contributed by atoms with Crippen molar-refractivity contribution in [1.82, 2.24) is 4.98 Å². The summed E-state index contributed by atoms with van der Waals surface area (Å²) in [6.07, 6.45) is 0.246. The van der Waals surface area contributed by atoms with Gasteiger partial charge >= 0.3 is 6.18 Å². The minimum absolute atomic E-state index is 0.0554. The third-order valence-electron chi connectivity index (χ3n) is 5.64. The molecular weight excluding hydrogens is 369 g/mol. The number of pyridine rings is 1. The van der Waals surface area contributed by atoms with Gasteiger partial charge in [0.15, 0.2) is 11.5 Å². The molecule has 0 radical (unpaired) electrons. The van der Waals surface area contributed by atoms with Gasteiger partial charge < -0.3 is 14.4 Å². The molecule has 3 heterocycles. The topological polar surface area (TPSA) is 34.6 Å². The van der Waals surface area contributed by atoms with Crippen LogP contribution >= 0.6 is 0 Å². The highest BCUT2D eigenvalue weighted by Gasteiger charge is 2.42. The van der Waals surface area contributed by atoms with Gasteiger partial charge in [-0.05, 0) is 49.6 Å². The van der Waals surface area contributed by atoms with E-state index in [1.165, 1.54) is 6.07 Å². The van der Waals surface area contributed by atoms with Crippen LogP contribution in [0.1, 0.15) is 36.8 Å². The standard InChI is InChI=1S/C21H23F3N2O2/c1-13-3-7-18(19(9-13)27-2)28-17-10-15-5-6-16(11-17)26(15)20-8-4-14(12-25-20)21(22,23)24/h3-4,7-9,12,15-17H,5-6,10-11H2,1-2H3/t15-,16+,17?. The molecule has 4 rings (SSSR count). The quantitative estimate of drug-likeness (QED) is 0.734. The van der Waals surface area contributed by atoms with Crippen LogP contribution in [0, 0.1) is 6.92 Å². The lowest BCUT2D eigenvalue weighted by Gasteiger charge is -2.39. The number of rotatable bonds is 4. The first kappa shape index (κ1) is 18.9. The third-order valence-corrected chi connectivity index (χ3v) is 5.64. The number of alkyl halides is 3. The molecule has 1 aromatic carbocycles. The fourth-order valence-electron chi connectivity index (χ4n) is 4.36. The number of benzene rings is 1. The molecule has 0 amide bonds. The molecule has 0 saturated carbocycles. The number of aromatic nitrogens is 1. The van der Waals surface area contributed by atoms with E-state index in [-0.39, 0.29) is 18.2 Å². The van der Waals surface area contributed by atoms with Crippen LogP contribution in [0.25, 0.3) is 0 Å². The summed E-state index contributed by atoms with van der Waals surface area (Å²) in [7, 11) is 1.63. The van der Waals surface area contributed by atoms with Crippen molar-refractivity contribution in [3.63, 3.8) is 0 Å². The van der Waals surface area contributed by atoms with Crippen LogP contribution in [0.15, 0.2) is 36.5 Å². The molecule has 2 aromatic rings. The van der Waals surface area contributed by atoms with E-state index in [9.17, 15) is 13.2 Å². The Kier molecular flexibility index (Phi) is 4.85. The van der Waals surface area contributed by atoms with Crippen LogP contribution in [0.5, 0.6) is 11.5 Å². The largest absolute Gasteiger partial charge is 0.493 e. The maximum absolute atomic E-state index is 12.8. The zero-order valence-corrected chi connectivity index (χ0v) is 15.9. The number of hydrogen-bond acceptors (Lipinski definition) is 4. The lowest BCUT2D eigenvalue weighted by atomic mass is 9.99. The summed E-state index contributed by atoms with van der Waals surface area (Å²) in [6, 6.07) is 8.92. The van der Waals surface area contributed by atoms with Crippen LogP contribution < -0.4 is 14.4 Å². The Balaban J connectivity index is 1.48. The molecule has 2 fully saturated rings. The first-order valence-electron chi connectivity index (χ1n) is 9.48. The predicted molar refractivity (Wildman–Crippen MR) is 99.9 cm³/mol. The van der Waals surface area contributed by atoms with Gasteiger partial charge in [-0.25, -0.2) is 4.98 Å². The molecule has 0 spiro atoms. The third kappa shape index (κ3) is 3.62.